The number of hydrogen-bond acceptors (Lipinski definition) is 3. The summed E-state index contributed by atoms with van der Waals surface area (Å²) >= 11 is 11.8. The summed E-state index contributed by atoms with van der Waals surface area (Å²) in [5.74, 6) is -1.71. The lowest BCUT2D eigenvalue weighted by molar-refractivity contribution is 0.0696. The fraction of sp³-hybridized carbons (Fsp3) is 0.0625. The predicted octanol–water partition coefficient (Wildman–Crippen LogP) is 3.49. The van der Waals surface area contributed by atoms with Crippen LogP contribution in [0.15, 0.2) is 36.4 Å². The van der Waals surface area contributed by atoms with Crippen molar-refractivity contribution in [1.82, 2.24) is 5.32 Å². The number of hydrogen-bond donors (Lipinski definition) is 2. The Morgan fingerprint density at radius 3 is 2.43 bits per heavy atom. The number of benzene rings is 2. The molecule has 7 heteroatoms. The smallest absolute Gasteiger partial charge is 0.337 e. The Labute approximate surface area is 142 Å². The summed E-state index contributed by atoms with van der Waals surface area (Å²) in [6.45, 7) is 0.197. The summed E-state index contributed by atoms with van der Waals surface area (Å²) in [6, 6.07) is 11.3. The molecule has 2 N–H and O–H groups in total. The van der Waals surface area contributed by atoms with Crippen molar-refractivity contribution >= 4 is 35.1 Å². The Morgan fingerprint density at radius 2 is 1.78 bits per heavy atom. The van der Waals surface area contributed by atoms with Crippen molar-refractivity contribution in [3.8, 4) is 6.07 Å². The van der Waals surface area contributed by atoms with Gasteiger partial charge in [-0.3, -0.25) is 4.79 Å². The number of nitrogens with one attached hydrogen (secondary N) is 1. The molecule has 116 valence electrons. The monoisotopic (exact) mass is 348 g/mol. The first-order chi connectivity index (χ1) is 10.9. The molecule has 0 radical (unpaired) electrons. The van der Waals surface area contributed by atoms with E-state index in [9.17, 15) is 9.59 Å². The van der Waals surface area contributed by atoms with E-state index in [2.05, 4.69) is 5.32 Å². The van der Waals surface area contributed by atoms with Crippen molar-refractivity contribution in [1.29, 1.82) is 5.26 Å². The molecule has 0 aliphatic heterocycles. The van der Waals surface area contributed by atoms with E-state index in [-0.39, 0.29) is 27.7 Å². The first-order valence-corrected chi connectivity index (χ1v) is 7.18. The lowest BCUT2D eigenvalue weighted by Crippen LogP contribution is -2.23. The highest BCUT2D eigenvalue weighted by Crippen LogP contribution is 2.29. The number of carbonyl (C=O) groups excluding carboxylic acids is 1. The highest BCUT2D eigenvalue weighted by Gasteiger charge is 2.18. The third-order valence-electron chi connectivity index (χ3n) is 3.07. The Hall–Kier alpha value is -2.55. The lowest BCUT2D eigenvalue weighted by Gasteiger charge is -2.09. The minimum absolute atomic E-state index is 0.0816. The number of carboxylic acid groups (broad SMARTS) is 1. The van der Waals surface area contributed by atoms with Gasteiger partial charge in [-0.25, -0.2) is 4.79 Å². The summed E-state index contributed by atoms with van der Waals surface area (Å²) in [5.41, 5.74) is 1.15. The van der Waals surface area contributed by atoms with Gasteiger partial charge in [0.25, 0.3) is 5.91 Å². The second-order valence-electron chi connectivity index (χ2n) is 4.59. The van der Waals surface area contributed by atoms with E-state index in [1.54, 1.807) is 24.3 Å². The van der Waals surface area contributed by atoms with Crippen LogP contribution in [0.2, 0.25) is 10.0 Å². The third-order valence-corrected chi connectivity index (χ3v) is 3.95. The third kappa shape index (κ3) is 3.81. The molecule has 2 aromatic rings. The van der Waals surface area contributed by atoms with E-state index in [0.717, 1.165) is 5.56 Å². The molecule has 0 fully saturated rings. The van der Waals surface area contributed by atoms with Crippen molar-refractivity contribution < 1.29 is 14.7 Å². The predicted molar refractivity (Wildman–Crippen MR) is 85.7 cm³/mol. The van der Waals surface area contributed by atoms with Gasteiger partial charge in [0.15, 0.2) is 0 Å². The maximum absolute atomic E-state index is 12.2. The second-order valence-corrected chi connectivity index (χ2v) is 5.34. The largest absolute Gasteiger partial charge is 0.478 e. The maximum atomic E-state index is 12.2. The molecule has 0 bridgehead atoms. The first-order valence-electron chi connectivity index (χ1n) is 6.42. The minimum Gasteiger partial charge on any atom is -0.478 e. The summed E-state index contributed by atoms with van der Waals surface area (Å²) in [7, 11) is 0. The van der Waals surface area contributed by atoms with Crippen LogP contribution in [0.4, 0.5) is 0 Å². The van der Waals surface area contributed by atoms with Gasteiger partial charge in [-0.15, -0.1) is 0 Å². The number of amides is 1. The molecule has 0 saturated carbocycles. The van der Waals surface area contributed by atoms with Crippen LogP contribution in [-0.2, 0) is 6.54 Å². The number of carboxylic acids is 1. The van der Waals surface area contributed by atoms with Gasteiger partial charge in [0.05, 0.1) is 32.8 Å². The molecule has 2 aromatic carbocycles. The van der Waals surface area contributed by atoms with E-state index in [0.29, 0.717) is 5.56 Å². The standard InChI is InChI=1S/C16H10Cl2N2O3/c17-13-11(4-5-12(14(13)18)16(22)23)15(21)20-8-10-3-1-2-9(6-10)7-19/h1-6H,8H2,(H,20,21)(H,22,23). The normalized spacial score (nSPS) is 9.96. The SMILES string of the molecule is N#Cc1cccc(CNC(=O)c2ccc(C(=O)O)c(Cl)c2Cl)c1. The maximum Gasteiger partial charge on any atom is 0.337 e. The molecule has 23 heavy (non-hydrogen) atoms. The molecular formula is C16H10Cl2N2O3. The number of halogens is 2. The zero-order valence-corrected chi connectivity index (χ0v) is 13.1. The highest BCUT2D eigenvalue weighted by atomic mass is 35.5. The molecule has 2 rings (SSSR count). The van der Waals surface area contributed by atoms with E-state index < -0.39 is 11.9 Å². The first kappa shape index (κ1) is 16.8. The topological polar surface area (TPSA) is 90.2 Å². The summed E-state index contributed by atoms with van der Waals surface area (Å²) in [6.07, 6.45) is 0. The Kier molecular flexibility index (Phi) is 5.22. The van der Waals surface area contributed by atoms with Gasteiger partial charge < -0.3 is 10.4 Å². The van der Waals surface area contributed by atoms with Crippen LogP contribution in [0.3, 0.4) is 0 Å². The Bertz CT molecular complexity index is 829. The van der Waals surface area contributed by atoms with E-state index in [1.165, 1.54) is 12.1 Å². The van der Waals surface area contributed by atoms with Crippen molar-refractivity contribution in [2.24, 2.45) is 0 Å². The zero-order chi connectivity index (χ0) is 17.0. The number of nitrogens with zero attached hydrogens (tertiary/aromatic N) is 1. The number of aromatic carboxylic acids is 1. The molecular weight excluding hydrogens is 339 g/mol. The van der Waals surface area contributed by atoms with Crippen LogP contribution in [0.25, 0.3) is 0 Å². The molecule has 1 amide bonds. The van der Waals surface area contributed by atoms with Gasteiger partial charge in [0, 0.05) is 6.54 Å². The van der Waals surface area contributed by atoms with Gasteiger partial charge in [-0.1, -0.05) is 35.3 Å². The molecule has 0 aliphatic rings. The van der Waals surface area contributed by atoms with Gasteiger partial charge in [-0.05, 0) is 29.8 Å². The van der Waals surface area contributed by atoms with Crippen LogP contribution >= 0.6 is 23.2 Å². The zero-order valence-electron chi connectivity index (χ0n) is 11.6. The quantitative estimate of drug-likeness (QED) is 0.884. The van der Waals surface area contributed by atoms with E-state index in [1.807, 2.05) is 6.07 Å². The van der Waals surface area contributed by atoms with Crippen LogP contribution in [0.1, 0.15) is 31.8 Å². The molecule has 0 saturated heterocycles. The Morgan fingerprint density at radius 1 is 1.13 bits per heavy atom. The summed E-state index contributed by atoms with van der Waals surface area (Å²) in [5, 5.41) is 20.1. The molecule has 0 aromatic heterocycles. The van der Waals surface area contributed by atoms with Crippen molar-refractivity contribution in [2.45, 2.75) is 6.54 Å². The molecule has 0 spiro atoms. The van der Waals surface area contributed by atoms with Crippen molar-refractivity contribution in [2.75, 3.05) is 0 Å². The van der Waals surface area contributed by atoms with Crippen LogP contribution in [0.5, 0.6) is 0 Å². The fourth-order valence-corrected chi connectivity index (χ4v) is 2.41. The molecule has 0 atom stereocenters. The lowest BCUT2D eigenvalue weighted by atomic mass is 10.1. The average Bonchev–Trinajstić information content (AvgIpc) is 2.55. The van der Waals surface area contributed by atoms with Crippen LogP contribution in [0, 0.1) is 11.3 Å². The fourth-order valence-electron chi connectivity index (χ4n) is 1.92. The van der Waals surface area contributed by atoms with Gasteiger partial charge in [0.1, 0.15) is 0 Å². The highest BCUT2D eigenvalue weighted by molar-refractivity contribution is 6.45. The van der Waals surface area contributed by atoms with Crippen molar-refractivity contribution in [3.63, 3.8) is 0 Å². The van der Waals surface area contributed by atoms with Gasteiger partial charge >= 0.3 is 5.97 Å². The average molecular weight is 349 g/mol. The van der Waals surface area contributed by atoms with Gasteiger partial charge in [0.2, 0.25) is 0 Å². The van der Waals surface area contributed by atoms with Crippen LogP contribution in [-0.4, -0.2) is 17.0 Å². The van der Waals surface area contributed by atoms with E-state index in [4.69, 9.17) is 33.6 Å². The minimum atomic E-state index is -1.22. The van der Waals surface area contributed by atoms with Crippen molar-refractivity contribution in [3.05, 3.63) is 68.7 Å². The van der Waals surface area contributed by atoms with E-state index >= 15 is 0 Å². The summed E-state index contributed by atoms with van der Waals surface area (Å²) < 4.78 is 0. The molecule has 5 nitrogen and oxygen atoms in total. The van der Waals surface area contributed by atoms with Crippen LogP contribution < -0.4 is 5.32 Å². The van der Waals surface area contributed by atoms with Gasteiger partial charge in [-0.2, -0.15) is 5.26 Å². The molecule has 0 unspecified atom stereocenters. The number of rotatable bonds is 4. The second kappa shape index (κ2) is 7.14. The summed E-state index contributed by atoms with van der Waals surface area (Å²) in [4.78, 5) is 23.1. The number of nitriles is 1. The molecule has 0 aliphatic carbocycles. The number of carbonyl (C=O) groups is 2. The Balaban J connectivity index is 2.17. The molecule has 0 heterocycles.